The molecule has 1 aliphatic heterocycles. The van der Waals surface area contributed by atoms with Gasteiger partial charge in [-0.1, -0.05) is 6.07 Å². The number of methoxy groups -OCH3 is 1. The van der Waals surface area contributed by atoms with E-state index in [0.29, 0.717) is 28.6 Å². The van der Waals surface area contributed by atoms with Gasteiger partial charge in [-0.2, -0.15) is 0 Å². The van der Waals surface area contributed by atoms with Gasteiger partial charge in [0.25, 0.3) is 0 Å². The zero-order chi connectivity index (χ0) is 24.8. The lowest BCUT2D eigenvalue weighted by atomic mass is 9.79. The van der Waals surface area contributed by atoms with Crippen LogP contribution in [0.2, 0.25) is 0 Å². The molecular formula is C26H32FN3O3S2. The number of carboxylic acid groups (broad SMARTS) is 1. The van der Waals surface area contributed by atoms with Crippen LogP contribution in [0.4, 0.5) is 4.39 Å². The van der Waals surface area contributed by atoms with Crippen molar-refractivity contribution in [3.63, 3.8) is 0 Å². The van der Waals surface area contributed by atoms with Crippen LogP contribution < -0.4 is 10.5 Å². The molecule has 0 saturated carbocycles. The molecule has 1 aromatic carbocycles. The molecule has 3 N–H and O–H groups in total. The van der Waals surface area contributed by atoms with Crippen molar-refractivity contribution in [3.8, 4) is 5.75 Å². The van der Waals surface area contributed by atoms with E-state index >= 15 is 0 Å². The van der Waals surface area contributed by atoms with Crippen molar-refractivity contribution in [2.45, 2.75) is 35.9 Å². The van der Waals surface area contributed by atoms with Gasteiger partial charge < -0.3 is 20.5 Å². The lowest BCUT2D eigenvalue weighted by molar-refractivity contribution is -0.139. The van der Waals surface area contributed by atoms with Crippen LogP contribution in [0.15, 0.2) is 46.1 Å². The predicted molar refractivity (Wildman–Crippen MR) is 140 cm³/mol. The Morgan fingerprint density at radius 1 is 1.40 bits per heavy atom. The molecular weight excluding hydrogens is 485 g/mol. The monoisotopic (exact) mass is 517 g/mol. The summed E-state index contributed by atoms with van der Waals surface area (Å²) in [7, 11) is 1.57. The normalized spacial score (nSPS) is 19.6. The van der Waals surface area contributed by atoms with E-state index in [1.807, 2.05) is 11.8 Å². The number of aromatic nitrogens is 1. The predicted octanol–water partition coefficient (Wildman–Crippen LogP) is 5.43. The number of likely N-dealkylation sites (tertiary alicyclic amines) is 1. The molecule has 0 amide bonds. The second-order valence-corrected chi connectivity index (χ2v) is 11.4. The van der Waals surface area contributed by atoms with Crippen LogP contribution in [0, 0.1) is 17.7 Å². The number of nitrogens with zero attached hydrogens (tertiary/aromatic N) is 2. The molecule has 4 rings (SSSR count). The maximum Gasteiger partial charge on any atom is 0.303 e. The number of carbonyl (C=O) groups is 1. The summed E-state index contributed by atoms with van der Waals surface area (Å²) >= 11 is 3.59. The summed E-state index contributed by atoms with van der Waals surface area (Å²) in [5.41, 5.74) is 7.65. The molecule has 1 saturated heterocycles. The third kappa shape index (κ3) is 6.73. The third-order valence-electron chi connectivity index (χ3n) is 6.85. The van der Waals surface area contributed by atoms with Crippen LogP contribution >= 0.6 is 23.1 Å². The highest BCUT2D eigenvalue weighted by atomic mass is 32.2. The Bertz CT molecular complexity index is 1130. The number of rotatable bonds is 11. The Morgan fingerprint density at radius 3 is 3.00 bits per heavy atom. The molecule has 188 valence electrons. The Hall–Kier alpha value is -2.20. The maximum absolute atomic E-state index is 14.8. The van der Waals surface area contributed by atoms with Crippen molar-refractivity contribution in [2.75, 3.05) is 32.5 Å². The van der Waals surface area contributed by atoms with Crippen LogP contribution in [-0.2, 0) is 4.79 Å². The largest absolute Gasteiger partial charge is 0.497 e. The molecule has 3 atom stereocenters. The van der Waals surface area contributed by atoms with Crippen molar-refractivity contribution in [1.29, 1.82) is 0 Å². The van der Waals surface area contributed by atoms with Crippen molar-refractivity contribution in [2.24, 2.45) is 17.6 Å². The van der Waals surface area contributed by atoms with Gasteiger partial charge in [-0.05, 0) is 67.3 Å². The Kier molecular flexibility index (Phi) is 8.99. The quantitative estimate of drug-likeness (QED) is 0.328. The van der Waals surface area contributed by atoms with E-state index in [1.165, 1.54) is 10.4 Å². The summed E-state index contributed by atoms with van der Waals surface area (Å²) in [6, 6.07) is 9.07. The summed E-state index contributed by atoms with van der Waals surface area (Å²) in [4.78, 5) is 18.2. The first-order valence-corrected chi connectivity index (χ1v) is 13.8. The van der Waals surface area contributed by atoms with Crippen molar-refractivity contribution >= 4 is 40.0 Å². The highest BCUT2D eigenvalue weighted by Gasteiger charge is 2.31. The van der Waals surface area contributed by atoms with E-state index < -0.39 is 17.8 Å². The number of benzene rings is 1. The van der Waals surface area contributed by atoms with Gasteiger partial charge in [0.1, 0.15) is 11.6 Å². The molecule has 0 aliphatic carbocycles. The third-order valence-corrected chi connectivity index (χ3v) is 8.96. The van der Waals surface area contributed by atoms with Crippen LogP contribution in [-0.4, -0.2) is 53.5 Å². The molecule has 0 radical (unpaired) electrons. The number of fused-ring (bicyclic) bond motifs is 1. The average Bonchev–Trinajstić information content (AvgIpc) is 3.36. The first kappa shape index (κ1) is 25.9. The van der Waals surface area contributed by atoms with Gasteiger partial charge >= 0.3 is 5.97 Å². The van der Waals surface area contributed by atoms with Crippen molar-refractivity contribution in [3.05, 3.63) is 53.3 Å². The molecule has 1 aliphatic rings. The van der Waals surface area contributed by atoms with Crippen LogP contribution in [0.5, 0.6) is 5.75 Å². The molecule has 0 bridgehead atoms. The topological polar surface area (TPSA) is 88.7 Å². The van der Waals surface area contributed by atoms with E-state index in [4.69, 9.17) is 10.5 Å². The fraction of sp³-hybridized carbons (Fsp3) is 0.462. The Balaban J connectivity index is 1.39. The number of thioether (sulfide) groups is 1. The van der Waals surface area contributed by atoms with E-state index in [2.05, 4.69) is 27.4 Å². The van der Waals surface area contributed by atoms with Crippen molar-refractivity contribution in [1.82, 2.24) is 9.88 Å². The maximum atomic E-state index is 14.8. The van der Waals surface area contributed by atoms with E-state index in [9.17, 15) is 14.3 Å². The van der Waals surface area contributed by atoms with Crippen molar-refractivity contribution < 1.29 is 19.0 Å². The standard InChI is InChI=1S/C26H32FN3O3S2/c1-33-19-5-7-23-20(14-19)26(21(27)15-29-23)22(28)6-4-17-8-9-30(16-18(17)13-24(31)32)10-12-35-25-3-2-11-34-25/h2-3,5,7,11,14-15,17-18,22H,4,6,8-10,12-13,16,28H2,1H3,(H,31,32)/t17?,18-,22-/m1/s1. The summed E-state index contributed by atoms with van der Waals surface area (Å²) < 4.78 is 21.4. The van der Waals surface area contributed by atoms with Gasteiger partial charge in [-0.25, -0.2) is 4.39 Å². The van der Waals surface area contributed by atoms with Gasteiger partial charge in [0, 0.05) is 42.3 Å². The van der Waals surface area contributed by atoms with Crippen LogP contribution in [0.1, 0.15) is 37.3 Å². The number of halogens is 1. The molecule has 35 heavy (non-hydrogen) atoms. The fourth-order valence-electron chi connectivity index (χ4n) is 5.03. The van der Waals surface area contributed by atoms with Gasteiger partial charge in [-0.15, -0.1) is 23.1 Å². The number of thiophene rings is 1. The molecule has 3 aromatic rings. The van der Waals surface area contributed by atoms with E-state index in [0.717, 1.165) is 38.2 Å². The molecule has 3 heterocycles. The first-order chi connectivity index (χ1) is 16.9. The highest BCUT2D eigenvalue weighted by Crippen LogP contribution is 2.35. The van der Waals surface area contributed by atoms with E-state index in [1.54, 1.807) is 36.6 Å². The summed E-state index contributed by atoms with van der Waals surface area (Å²) in [6.07, 6.45) is 3.66. The van der Waals surface area contributed by atoms with Gasteiger partial charge in [0.2, 0.25) is 0 Å². The summed E-state index contributed by atoms with van der Waals surface area (Å²) in [5.74, 6) is 0.761. The first-order valence-electron chi connectivity index (χ1n) is 11.9. The number of carboxylic acids is 1. The molecule has 2 aromatic heterocycles. The summed E-state index contributed by atoms with van der Waals surface area (Å²) in [6.45, 7) is 2.67. The van der Waals surface area contributed by atoms with Crippen LogP contribution in [0.25, 0.3) is 10.9 Å². The van der Waals surface area contributed by atoms with Gasteiger partial charge in [0.15, 0.2) is 0 Å². The lowest BCUT2D eigenvalue weighted by Gasteiger charge is -2.38. The zero-order valence-electron chi connectivity index (χ0n) is 19.9. The molecule has 6 nitrogen and oxygen atoms in total. The zero-order valence-corrected chi connectivity index (χ0v) is 21.5. The second kappa shape index (κ2) is 12.2. The minimum Gasteiger partial charge on any atom is -0.497 e. The molecule has 1 fully saturated rings. The second-order valence-electron chi connectivity index (χ2n) is 9.07. The molecule has 9 heteroatoms. The van der Waals surface area contributed by atoms with Crippen LogP contribution in [0.3, 0.4) is 0 Å². The van der Waals surface area contributed by atoms with E-state index in [-0.39, 0.29) is 18.3 Å². The Labute approximate surface area is 213 Å². The Morgan fingerprint density at radius 2 is 2.26 bits per heavy atom. The molecule has 0 spiro atoms. The number of hydrogen-bond donors (Lipinski definition) is 2. The van der Waals surface area contributed by atoms with Gasteiger partial charge in [-0.3, -0.25) is 9.78 Å². The number of aliphatic carboxylic acids is 1. The number of pyridine rings is 1. The lowest BCUT2D eigenvalue weighted by Crippen LogP contribution is -2.42. The molecule has 1 unspecified atom stereocenters. The number of piperidine rings is 1. The summed E-state index contributed by atoms with van der Waals surface area (Å²) in [5, 5.41) is 12.3. The smallest absolute Gasteiger partial charge is 0.303 e. The SMILES string of the molecule is COc1ccc2ncc(F)c([C@H](N)CCC3CCN(CCSc4cccs4)C[C@H]3CC(=O)O)c2c1. The number of nitrogens with two attached hydrogens (primary N) is 1. The highest BCUT2D eigenvalue weighted by molar-refractivity contribution is 8.01. The average molecular weight is 518 g/mol. The van der Waals surface area contributed by atoms with Gasteiger partial charge in [0.05, 0.1) is 23.0 Å². The number of ether oxygens (including phenoxy) is 1. The minimum absolute atomic E-state index is 0.0688. The fourth-order valence-corrected chi connectivity index (χ4v) is 6.89. The minimum atomic E-state index is -0.766. The number of hydrogen-bond acceptors (Lipinski definition) is 7.